The summed E-state index contributed by atoms with van der Waals surface area (Å²) in [6.07, 6.45) is 2.32. The van der Waals surface area contributed by atoms with Crippen LogP contribution < -0.4 is 0 Å². The van der Waals surface area contributed by atoms with Crippen LogP contribution in [0, 0.1) is 0 Å². The van der Waals surface area contributed by atoms with Gasteiger partial charge in [-0.15, -0.1) is 0 Å². The van der Waals surface area contributed by atoms with Crippen molar-refractivity contribution in [3.63, 3.8) is 0 Å². The highest BCUT2D eigenvalue weighted by Gasteiger charge is 2.26. The second-order valence-corrected chi connectivity index (χ2v) is 4.37. The Morgan fingerprint density at radius 3 is 2.83 bits per heavy atom. The number of halogens is 1. The Balaban J connectivity index is 2.19. The lowest BCUT2D eigenvalue weighted by Crippen LogP contribution is -2.26. The molecule has 0 bridgehead atoms. The second-order valence-electron chi connectivity index (χ2n) is 3.07. The van der Waals surface area contributed by atoms with E-state index in [4.69, 9.17) is 5.11 Å². The molecular weight excluding hydrogens is 222 g/mol. The molecule has 1 atom stereocenters. The zero-order valence-electron chi connectivity index (χ0n) is 7.00. The van der Waals surface area contributed by atoms with Crippen molar-refractivity contribution >= 4 is 21.8 Å². The van der Waals surface area contributed by atoms with Crippen molar-refractivity contribution in [3.8, 4) is 0 Å². The Labute approximate surface area is 80.9 Å². The maximum Gasteiger partial charge on any atom is 0.223 e. The third-order valence-corrected chi connectivity index (χ3v) is 2.62. The summed E-state index contributed by atoms with van der Waals surface area (Å²) < 4.78 is 0. The summed E-state index contributed by atoms with van der Waals surface area (Å²) in [5.74, 6) is 0.231. The fourth-order valence-corrected chi connectivity index (χ4v) is 1.98. The highest BCUT2D eigenvalue weighted by atomic mass is 79.9. The van der Waals surface area contributed by atoms with Crippen LogP contribution in [0.5, 0.6) is 0 Å². The minimum absolute atomic E-state index is 0.222. The Kier molecular flexibility index (Phi) is 4.01. The van der Waals surface area contributed by atoms with Crippen molar-refractivity contribution in [3.05, 3.63) is 0 Å². The van der Waals surface area contributed by atoms with Crippen LogP contribution in [0.4, 0.5) is 0 Å². The monoisotopic (exact) mass is 235 g/mol. The molecule has 1 N–H and O–H groups in total. The molecule has 1 rings (SSSR count). The average Bonchev–Trinajstić information content (AvgIpc) is 2.31. The molecule has 1 aliphatic rings. The zero-order chi connectivity index (χ0) is 8.97. The molecule has 0 radical (unpaired) electrons. The molecule has 1 fully saturated rings. The van der Waals surface area contributed by atoms with Crippen molar-refractivity contribution in [2.24, 2.45) is 0 Å². The number of unbranched alkanes of at least 4 members (excludes halogenated alkanes) is 1. The van der Waals surface area contributed by atoms with Crippen molar-refractivity contribution < 1.29 is 9.90 Å². The van der Waals surface area contributed by atoms with Crippen LogP contribution in [-0.2, 0) is 4.79 Å². The SMILES string of the molecule is O=C1CC(Br)CN1CCCCO. The molecule has 4 heteroatoms. The van der Waals surface area contributed by atoms with Gasteiger partial charge in [0.2, 0.25) is 5.91 Å². The van der Waals surface area contributed by atoms with E-state index in [0.29, 0.717) is 11.2 Å². The van der Waals surface area contributed by atoms with Gasteiger partial charge in [0.15, 0.2) is 0 Å². The van der Waals surface area contributed by atoms with Gasteiger partial charge in [0.05, 0.1) is 0 Å². The normalized spacial score (nSPS) is 23.7. The molecule has 0 aromatic heterocycles. The van der Waals surface area contributed by atoms with Crippen LogP contribution in [-0.4, -0.2) is 40.4 Å². The topological polar surface area (TPSA) is 40.5 Å². The van der Waals surface area contributed by atoms with Crippen molar-refractivity contribution in [2.75, 3.05) is 19.7 Å². The molecule has 1 amide bonds. The van der Waals surface area contributed by atoms with Crippen LogP contribution in [0.15, 0.2) is 0 Å². The van der Waals surface area contributed by atoms with E-state index in [1.165, 1.54) is 0 Å². The van der Waals surface area contributed by atoms with Crippen LogP contribution in [0.2, 0.25) is 0 Å². The first-order chi connectivity index (χ1) is 5.74. The summed E-state index contributed by atoms with van der Waals surface area (Å²) in [7, 11) is 0. The number of aliphatic hydroxyl groups is 1. The highest BCUT2D eigenvalue weighted by Crippen LogP contribution is 2.18. The molecule has 0 saturated carbocycles. The van der Waals surface area contributed by atoms with Gasteiger partial charge < -0.3 is 10.0 Å². The molecular formula is C8H14BrNO2. The number of carbonyl (C=O) groups is 1. The fourth-order valence-electron chi connectivity index (χ4n) is 1.35. The van der Waals surface area contributed by atoms with Gasteiger partial charge in [-0.25, -0.2) is 0 Å². The average molecular weight is 236 g/mol. The molecule has 12 heavy (non-hydrogen) atoms. The minimum atomic E-state index is 0.222. The van der Waals surface area contributed by atoms with Crippen LogP contribution in [0.25, 0.3) is 0 Å². The number of likely N-dealkylation sites (tertiary alicyclic amines) is 1. The quantitative estimate of drug-likeness (QED) is 0.578. The molecule has 1 aliphatic heterocycles. The number of amides is 1. The van der Waals surface area contributed by atoms with Crippen LogP contribution in [0.1, 0.15) is 19.3 Å². The molecule has 0 aromatic rings. The number of nitrogens with zero attached hydrogens (tertiary/aromatic N) is 1. The summed E-state index contributed by atoms with van der Waals surface area (Å²) in [6.45, 7) is 1.84. The summed E-state index contributed by atoms with van der Waals surface area (Å²) >= 11 is 3.42. The predicted molar refractivity (Wildman–Crippen MR) is 50.2 cm³/mol. The smallest absolute Gasteiger partial charge is 0.223 e. The standard InChI is InChI=1S/C8H14BrNO2/c9-7-5-8(12)10(6-7)3-1-2-4-11/h7,11H,1-6H2. The Hall–Kier alpha value is -0.0900. The number of rotatable bonds is 4. The first-order valence-corrected chi connectivity index (χ1v) is 5.18. The number of carbonyl (C=O) groups excluding carboxylic acids is 1. The number of aliphatic hydroxyl groups excluding tert-OH is 1. The molecule has 3 nitrogen and oxygen atoms in total. The largest absolute Gasteiger partial charge is 0.396 e. The maximum atomic E-state index is 11.2. The van der Waals surface area contributed by atoms with Gasteiger partial charge >= 0.3 is 0 Å². The summed E-state index contributed by atoms with van der Waals surface area (Å²) in [5, 5.41) is 8.55. The van der Waals surface area contributed by atoms with E-state index in [2.05, 4.69) is 15.9 Å². The molecule has 1 unspecified atom stereocenters. The van der Waals surface area contributed by atoms with Gasteiger partial charge in [0.25, 0.3) is 0 Å². The third-order valence-electron chi connectivity index (χ3n) is 2.00. The number of hydrogen-bond donors (Lipinski definition) is 1. The van der Waals surface area contributed by atoms with E-state index in [1.807, 2.05) is 4.90 Å². The van der Waals surface area contributed by atoms with Gasteiger partial charge in [-0.2, -0.15) is 0 Å². The lowest BCUT2D eigenvalue weighted by Gasteiger charge is -2.14. The summed E-state index contributed by atoms with van der Waals surface area (Å²) in [5.41, 5.74) is 0. The van der Waals surface area contributed by atoms with Gasteiger partial charge in [-0.1, -0.05) is 15.9 Å². The number of hydrogen-bond acceptors (Lipinski definition) is 2. The molecule has 0 aromatic carbocycles. The summed E-state index contributed by atoms with van der Waals surface area (Å²) in [4.78, 5) is 13.4. The Morgan fingerprint density at radius 2 is 2.33 bits per heavy atom. The van der Waals surface area contributed by atoms with E-state index < -0.39 is 0 Å². The van der Waals surface area contributed by atoms with Gasteiger partial charge in [-0.3, -0.25) is 4.79 Å². The fraction of sp³-hybridized carbons (Fsp3) is 0.875. The van der Waals surface area contributed by atoms with Crippen molar-refractivity contribution in [1.29, 1.82) is 0 Å². The van der Waals surface area contributed by atoms with Gasteiger partial charge in [0, 0.05) is 30.9 Å². The maximum absolute atomic E-state index is 11.2. The Bertz CT molecular complexity index is 163. The van der Waals surface area contributed by atoms with Crippen LogP contribution >= 0.6 is 15.9 Å². The van der Waals surface area contributed by atoms with E-state index in [9.17, 15) is 4.79 Å². The molecule has 1 saturated heterocycles. The van der Waals surface area contributed by atoms with Gasteiger partial charge in [0.1, 0.15) is 0 Å². The number of alkyl halides is 1. The molecule has 1 heterocycles. The van der Waals surface area contributed by atoms with E-state index in [1.54, 1.807) is 0 Å². The molecule has 0 spiro atoms. The minimum Gasteiger partial charge on any atom is -0.396 e. The van der Waals surface area contributed by atoms with E-state index >= 15 is 0 Å². The molecule has 70 valence electrons. The lowest BCUT2D eigenvalue weighted by atomic mass is 10.3. The molecule has 0 aliphatic carbocycles. The first kappa shape index (κ1) is 9.99. The second kappa shape index (κ2) is 4.82. The Morgan fingerprint density at radius 1 is 1.58 bits per heavy atom. The highest BCUT2D eigenvalue weighted by molar-refractivity contribution is 9.09. The van der Waals surface area contributed by atoms with Crippen LogP contribution in [0.3, 0.4) is 0 Å². The summed E-state index contributed by atoms with van der Waals surface area (Å²) in [6, 6.07) is 0. The third kappa shape index (κ3) is 2.75. The lowest BCUT2D eigenvalue weighted by molar-refractivity contribution is -0.127. The first-order valence-electron chi connectivity index (χ1n) is 4.26. The van der Waals surface area contributed by atoms with Crippen molar-refractivity contribution in [2.45, 2.75) is 24.1 Å². The van der Waals surface area contributed by atoms with E-state index in [0.717, 1.165) is 25.9 Å². The van der Waals surface area contributed by atoms with E-state index in [-0.39, 0.29) is 12.5 Å². The van der Waals surface area contributed by atoms with Gasteiger partial charge in [-0.05, 0) is 12.8 Å². The zero-order valence-corrected chi connectivity index (χ0v) is 8.59. The predicted octanol–water partition coefficient (Wildman–Crippen LogP) is 0.755. The van der Waals surface area contributed by atoms with Crippen molar-refractivity contribution in [1.82, 2.24) is 4.90 Å².